The number of rotatable bonds is 3. The molecule has 1 aliphatic rings. The molecule has 2 aromatic carbocycles. The molecule has 1 N–H and O–H groups in total. The zero-order chi connectivity index (χ0) is 21.5. The van der Waals surface area contributed by atoms with Crippen LogP contribution in [0.3, 0.4) is 0 Å². The van der Waals surface area contributed by atoms with E-state index in [0.717, 1.165) is 35.8 Å². The van der Waals surface area contributed by atoms with Crippen LogP contribution in [0.5, 0.6) is 0 Å². The summed E-state index contributed by atoms with van der Waals surface area (Å²) in [6.45, 7) is 5.42. The largest absolute Gasteiger partial charge is 0.456 e. The summed E-state index contributed by atoms with van der Waals surface area (Å²) >= 11 is 0. The molecular formula is C24H23FN2O3. The highest BCUT2D eigenvalue weighted by molar-refractivity contribution is 5.90. The van der Waals surface area contributed by atoms with Gasteiger partial charge in [-0.15, -0.1) is 0 Å². The molecule has 1 fully saturated rings. The molecule has 1 amide bonds. The van der Waals surface area contributed by atoms with Crippen LogP contribution in [0.15, 0.2) is 40.8 Å². The van der Waals surface area contributed by atoms with E-state index in [4.69, 9.17) is 9.15 Å². The monoisotopic (exact) mass is 406 g/mol. The van der Waals surface area contributed by atoms with Gasteiger partial charge in [-0.3, -0.25) is 5.32 Å². The first-order valence-corrected chi connectivity index (χ1v) is 10.0. The second-order valence-corrected chi connectivity index (χ2v) is 8.62. The van der Waals surface area contributed by atoms with Crippen LogP contribution in [-0.2, 0) is 4.74 Å². The second-order valence-electron chi connectivity index (χ2n) is 8.62. The summed E-state index contributed by atoms with van der Waals surface area (Å²) < 4.78 is 25.4. The van der Waals surface area contributed by atoms with E-state index in [9.17, 15) is 14.4 Å². The number of hydrogen-bond donors (Lipinski definition) is 1. The molecule has 0 radical (unpaired) electrons. The van der Waals surface area contributed by atoms with Crippen LogP contribution in [0.1, 0.15) is 57.1 Å². The van der Waals surface area contributed by atoms with Gasteiger partial charge >= 0.3 is 6.09 Å². The first-order chi connectivity index (χ1) is 14.2. The Labute approximate surface area is 174 Å². The SMILES string of the molecule is CC(C)(C)OC(=O)Nc1ccc(-c2oc3cc(F)c(C#N)cc3c2C2CCC2)cc1. The van der Waals surface area contributed by atoms with Gasteiger partial charge in [-0.25, -0.2) is 9.18 Å². The third kappa shape index (κ3) is 3.88. The predicted octanol–water partition coefficient (Wildman–Crippen LogP) is 6.73. The van der Waals surface area contributed by atoms with E-state index in [1.807, 2.05) is 18.2 Å². The zero-order valence-corrected chi connectivity index (χ0v) is 17.2. The smallest absolute Gasteiger partial charge is 0.412 e. The number of carbonyl (C=O) groups excluding carboxylic acids is 1. The summed E-state index contributed by atoms with van der Waals surface area (Å²) in [5.74, 6) is 0.438. The fourth-order valence-electron chi connectivity index (χ4n) is 3.67. The van der Waals surface area contributed by atoms with E-state index in [0.29, 0.717) is 22.9 Å². The number of nitriles is 1. The average Bonchev–Trinajstić information content (AvgIpc) is 2.96. The maximum absolute atomic E-state index is 14.1. The highest BCUT2D eigenvalue weighted by Gasteiger charge is 2.29. The van der Waals surface area contributed by atoms with Crippen molar-refractivity contribution >= 4 is 22.7 Å². The topological polar surface area (TPSA) is 75.3 Å². The number of carbonyl (C=O) groups is 1. The Hall–Kier alpha value is -3.33. The first-order valence-electron chi connectivity index (χ1n) is 10.0. The molecule has 1 heterocycles. The van der Waals surface area contributed by atoms with Crippen molar-refractivity contribution in [3.8, 4) is 17.4 Å². The lowest BCUT2D eigenvalue weighted by molar-refractivity contribution is 0.0636. The summed E-state index contributed by atoms with van der Waals surface area (Å²) in [6.07, 6.45) is 2.70. The Morgan fingerprint density at radius 3 is 2.50 bits per heavy atom. The number of nitrogens with zero attached hydrogens (tertiary/aromatic N) is 1. The van der Waals surface area contributed by atoms with E-state index in [1.165, 1.54) is 6.07 Å². The zero-order valence-electron chi connectivity index (χ0n) is 17.2. The molecule has 0 bridgehead atoms. The van der Waals surface area contributed by atoms with Crippen LogP contribution in [0, 0.1) is 17.1 Å². The number of nitrogens with one attached hydrogen (secondary N) is 1. The number of halogens is 1. The van der Waals surface area contributed by atoms with E-state index < -0.39 is 17.5 Å². The summed E-state index contributed by atoms with van der Waals surface area (Å²) in [5.41, 5.74) is 2.36. The summed E-state index contributed by atoms with van der Waals surface area (Å²) in [5, 5.41) is 12.7. The molecule has 0 saturated heterocycles. The standard InChI is InChI=1S/C24H23FN2O3/c1-24(2,3)30-23(28)27-17-9-7-15(8-10-17)22-21(14-5-4-6-14)18-11-16(13-26)19(25)12-20(18)29-22/h7-12,14H,4-6H2,1-3H3,(H,27,28). The number of benzene rings is 2. The Kier molecular flexibility index (Phi) is 4.98. The normalized spacial score (nSPS) is 14.2. The van der Waals surface area contributed by atoms with Crippen molar-refractivity contribution in [3.05, 3.63) is 53.3 Å². The molecular weight excluding hydrogens is 383 g/mol. The Morgan fingerprint density at radius 1 is 1.23 bits per heavy atom. The van der Waals surface area contributed by atoms with Gasteiger partial charge in [0.05, 0.1) is 5.56 Å². The van der Waals surface area contributed by atoms with Crippen molar-refractivity contribution in [3.63, 3.8) is 0 Å². The van der Waals surface area contributed by atoms with Gasteiger partial charge in [0, 0.05) is 28.3 Å². The fourth-order valence-corrected chi connectivity index (χ4v) is 3.67. The molecule has 30 heavy (non-hydrogen) atoms. The molecule has 6 heteroatoms. The molecule has 1 aliphatic carbocycles. The molecule has 3 aromatic rings. The highest BCUT2D eigenvalue weighted by atomic mass is 19.1. The third-order valence-electron chi connectivity index (χ3n) is 5.24. The molecule has 0 unspecified atom stereocenters. The number of anilines is 1. The minimum Gasteiger partial charge on any atom is -0.456 e. The van der Waals surface area contributed by atoms with Crippen LogP contribution < -0.4 is 5.32 Å². The molecule has 5 nitrogen and oxygen atoms in total. The van der Waals surface area contributed by atoms with E-state index in [1.54, 1.807) is 39.0 Å². The summed E-state index contributed by atoms with van der Waals surface area (Å²) in [6, 6.07) is 12.1. The average molecular weight is 406 g/mol. The van der Waals surface area contributed by atoms with Gasteiger partial charge in [-0.2, -0.15) is 5.26 Å². The van der Waals surface area contributed by atoms with E-state index >= 15 is 0 Å². The van der Waals surface area contributed by atoms with Gasteiger partial charge in [0.15, 0.2) is 0 Å². The van der Waals surface area contributed by atoms with Crippen LogP contribution in [0.25, 0.3) is 22.3 Å². The predicted molar refractivity (Wildman–Crippen MR) is 113 cm³/mol. The molecule has 0 atom stereocenters. The van der Waals surface area contributed by atoms with Gasteiger partial charge in [-0.1, -0.05) is 6.42 Å². The van der Waals surface area contributed by atoms with Crippen LogP contribution in [0.2, 0.25) is 0 Å². The Bertz CT molecular complexity index is 1150. The van der Waals surface area contributed by atoms with Gasteiger partial charge in [0.25, 0.3) is 0 Å². The number of furan rings is 1. The van der Waals surface area contributed by atoms with Gasteiger partial charge in [0.2, 0.25) is 0 Å². The van der Waals surface area contributed by atoms with Crippen molar-refractivity contribution in [2.45, 2.75) is 51.6 Å². The lowest BCUT2D eigenvalue weighted by atomic mass is 9.78. The number of ether oxygens (including phenoxy) is 1. The van der Waals surface area contributed by atoms with Crippen molar-refractivity contribution in [1.82, 2.24) is 0 Å². The van der Waals surface area contributed by atoms with Crippen LogP contribution in [0.4, 0.5) is 14.9 Å². The van der Waals surface area contributed by atoms with Crippen molar-refractivity contribution in [2.75, 3.05) is 5.32 Å². The van der Waals surface area contributed by atoms with Gasteiger partial charge in [0.1, 0.15) is 28.8 Å². The Balaban J connectivity index is 1.69. The molecule has 0 spiro atoms. The van der Waals surface area contributed by atoms with Gasteiger partial charge in [-0.05, 0) is 69.9 Å². The number of fused-ring (bicyclic) bond motifs is 1. The van der Waals surface area contributed by atoms with E-state index in [-0.39, 0.29) is 5.56 Å². The fraction of sp³-hybridized carbons (Fsp3) is 0.333. The number of hydrogen-bond acceptors (Lipinski definition) is 4. The minimum atomic E-state index is -0.581. The van der Waals surface area contributed by atoms with Crippen molar-refractivity contribution in [2.24, 2.45) is 0 Å². The maximum Gasteiger partial charge on any atom is 0.412 e. The number of amides is 1. The first kappa shape index (κ1) is 20.0. The highest BCUT2D eigenvalue weighted by Crippen LogP contribution is 2.46. The quantitative estimate of drug-likeness (QED) is 0.523. The summed E-state index contributed by atoms with van der Waals surface area (Å²) in [4.78, 5) is 12.0. The van der Waals surface area contributed by atoms with Crippen molar-refractivity contribution < 1.29 is 18.3 Å². The molecule has 0 aliphatic heterocycles. The molecule has 154 valence electrons. The molecule has 1 aromatic heterocycles. The Morgan fingerprint density at radius 2 is 1.93 bits per heavy atom. The molecule has 4 rings (SSSR count). The second kappa shape index (κ2) is 7.49. The summed E-state index contributed by atoms with van der Waals surface area (Å²) in [7, 11) is 0. The van der Waals surface area contributed by atoms with E-state index in [2.05, 4.69) is 5.32 Å². The minimum absolute atomic E-state index is 0.0207. The third-order valence-corrected chi connectivity index (χ3v) is 5.24. The van der Waals surface area contributed by atoms with Crippen LogP contribution >= 0.6 is 0 Å². The van der Waals surface area contributed by atoms with Crippen molar-refractivity contribution in [1.29, 1.82) is 5.26 Å². The van der Waals surface area contributed by atoms with Gasteiger partial charge < -0.3 is 9.15 Å². The maximum atomic E-state index is 14.1. The van der Waals surface area contributed by atoms with Crippen LogP contribution in [-0.4, -0.2) is 11.7 Å². The molecule has 1 saturated carbocycles. The lowest BCUT2D eigenvalue weighted by Gasteiger charge is -2.26. The lowest BCUT2D eigenvalue weighted by Crippen LogP contribution is -2.27.